The molecule has 0 bridgehead atoms. The van der Waals surface area contributed by atoms with Crippen molar-refractivity contribution in [3.05, 3.63) is 40.8 Å². The van der Waals surface area contributed by atoms with E-state index in [1.165, 1.54) is 23.0 Å². The number of rotatable bonds is 7. The highest BCUT2D eigenvalue weighted by molar-refractivity contribution is 7.99. The zero-order valence-electron chi connectivity index (χ0n) is 18.5. The Balaban J connectivity index is 1.60. The summed E-state index contributed by atoms with van der Waals surface area (Å²) in [7, 11) is 2.00. The van der Waals surface area contributed by atoms with Crippen molar-refractivity contribution in [2.75, 3.05) is 29.5 Å². The van der Waals surface area contributed by atoms with Crippen LogP contribution in [0.5, 0.6) is 0 Å². The number of fused-ring (bicyclic) bond motifs is 1. The van der Waals surface area contributed by atoms with E-state index in [2.05, 4.69) is 31.7 Å². The number of imidazole rings is 1. The van der Waals surface area contributed by atoms with Crippen LogP contribution in [0.25, 0.3) is 11.2 Å². The Bertz CT molecular complexity index is 1160. The maximum Gasteiger partial charge on any atom is 0.295 e. The van der Waals surface area contributed by atoms with Crippen molar-refractivity contribution in [1.29, 1.82) is 0 Å². The van der Waals surface area contributed by atoms with Gasteiger partial charge < -0.3 is 14.4 Å². The number of anilines is 3. The molecule has 33 heavy (non-hydrogen) atoms. The van der Waals surface area contributed by atoms with Crippen molar-refractivity contribution in [3.63, 3.8) is 0 Å². The highest BCUT2D eigenvalue weighted by Crippen LogP contribution is 2.44. The van der Waals surface area contributed by atoms with E-state index < -0.39 is 12.7 Å². The number of pyridine rings is 1. The summed E-state index contributed by atoms with van der Waals surface area (Å²) in [6.45, 7) is 0.524. The quantitative estimate of drug-likeness (QED) is 0.281. The van der Waals surface area contributed by atoms with Crippen LogP contribution in [0.15, 0.2) is 24.3 Å². The maximum absolute atomic E-state index is 14.0. The van der Waals surface area contributed by atoms with E-state index in [-0.39, 0.29) is 11.0 Å². The average molecular weight is 494 g/mol. The lowest BCUT2D eigenvalue weighted by Crippen LogP contribution is -2.20. The van der Waals surface area contributed by atoms with Crippen LogP contribution >= 0.6 is 23.5 Å². The first-order chi connectivity index (χ1) is 16.0. The van der Waals surface area contributed by atoms with Gasteiger partial charge in [-0.15, -0.1) is 0 Å². The van der Waals surface area contributed by atoms with E-state index in [0.717, 1.165) is 24.2 Å². The summed E-state index contributed by atoms with van der Waals surface area (Å²) in [6.07, 6.45) is 3.60. The highest BCUT2D eigenvalue weighted by atomic mass is 35.5. The van der Waals surface area contributed by atoms with E-state index in [9.17, 15) is 8.78 Å². The summed E-state index contributed by atoms with van der Waals surface area (Å²) in [4.78, 5) is 8.68. The van der Waals surface area contributed by atoms with E-state index in [1.807, 2.05) is 19.4 Å². The van der Waals surface area contributed by atoms with Gasteiger partial charge in [0.1, 0.15) is 16.9 Å². The Morgan fingerprint density at radius 1 is 1.18 bits per heavy atom. The van der Waals surface area contributed by atoms with Gasteiger partial charge in [0.2, 0.25) is 0 Å². The van der Waals surface area contributed by atoms with Gasteiger partial charge in [-0.05, 0) is 55.7 Å². The molecule has 1 saturated heterocycles. The van der Waals surface area contributed by atoms with Gasteiger partial charge in [0.25, 0.3) is 6.43 Å². The average Bonchev–Trinajstić information content (AvgIpc) is 3.59. The molecule has 2 aliphatic rings. The number of alkyl halides is 2. The fourth-order valence-electron chi connectivity index (χ4n) is 4.34. The van der Waals surface area contributed by atoms with Crippen LogP contribution in [0.1, 0.15) is 62.1 Å². The lowest BCUT2D eigenvalue weighted by molar-refractivity contribution is -0.0363. The lowest BCUT2D eigenvalue weighted by Gasteiger charge is -2.25. The van der Waals surface area contributed by atoms with Crippen LogP contribution in [-0.4, -0.2) is 34.4 Å². The molecule has 1 aliphatic heterocycles. The van der Waals surface area contributed by atoms with Crippen LogP contribution in [0.2, 0.25) is 5.15 Å². The third-order valence-corrected chi connectivity index (χ3v) is 7.17. The van der Waals surface area contributed by atoms with Crippen molar-refractivity contribution in [3.8, 4) is 0 Å². The Morgan fingerprint density at radius 3 is 2.67 bits per heavy atom. The van der Waals surface area contributed by atoms with Crippen LogP contribution in [-0.2, 0) is 4.74 Å². The van der Waals surface area contributed by atoms with Gasteiger partial charge in [-0.2, -0.15) is 0 Å². The lowest BCUT2D eigenvalue weighted by atomic mass is 10.1. The van der Waals surface area contributed by atoms with E-state index in [1.54, 1.807) is 18.0 Å². The molecule has 6 nitrogen and oxygen atoms in total. The predicted octanol–water partition coefficient (Wildman–Crippen LogP) is 7.06. The molecule has 2 fully saturated rings. The SMILES string of the molecule is CSN(C)c1cc(C2CC2)ccc1Nc1cc(Cl)nc2c1nc(C(F)F)n2C1CCCCO1. The minimum atomic E-state index is -2.76. The van der Waals surface area contributed by atoms with Gasteiger partial charge in [-0.1, -0.05) is 29.6 Å². The van der Waals surface area contributed by atoms with Crippen molar-refractivity contribution in [1.82, 2.24) is 14.5 Å². The number of hydrogen-bond acceptors (Lipinski definition) is 6. The third-order valence-electron chi connectivity index (χ3n) is 6.24. The maximum atomic E-state index is 14.0. The van der Waals surface area contributed by atoms with Gasteiger partial charge in [0, 0.05) is 26.0 Å². The molecular weight excluding hydrogens is 468 g/mol. The molecule has 10 heteroatoms. The smallest absolute Gasteiger partial charge is 0.295 e. The molecule has 1 N–H and O–H groups in total. The number of nitrogens with one attached hydrogen (secondary N) is 1. The Morgan fingerprint density at radius 2 is 2.00 bits per heavy atom. The van der Waals surface area contributed by atoms with E-state index in [0.29, 0.717) is 35.8 Å². The molecule has 0 spiro atoms. The van der Waals surface area contributed by atoms with Crippen molar-refractivity contribution in [2.45, 2.75) is 50.7 Å². The molecule has 2 aromatic heterocycles. The molecule has 1 aromatic carbocycles. The zero-order chi connectivity index (χ0) is 23.1. The van der Waals surface area contributed by atoms with E-state index >= 15 is 0 Å². The molecular formula is C23H26ClF2N5OS. The molecule has 3 heterocycles. The highest BCUT2D eigenvalue weighted by Gasteiger charge is 2.29. The first kappa shape index (κ1) is 22.7. The van der Waals surface area contributed by atoms with E-state index in [4.69, 9.17) is 16.3 Å². The summed E-state index contributed by atoms with van der Waals surface area (Å²) in [5.74, 6) is 0.273. The summed E-state index contributed by atoms with van der Waals surface area (Å²) < 4.78 is 37.3. The van der Waals surface area contributed by atoms with Gasteiger partial charge in [0.15, 0.2) is 11.5 Å². The molecule has 1 saturated carbocycles. The molecule has 1 aliphatic carbocycles. The number of benzene rings is 1. The molecule has 176 valence electrons. The van der Waals surface area contributed by atoms with Gasteiger partial charge >= 0.3 is 0 Å². The fourth-order valence-corrected chi connectivity index (χ4v) is 4.88. The first-order valence-corrected chi connectivity index (χ1v) is 12.7. The van der Waals surface area contributed by atoms with Crippen molar-refractivity contribution in [2.24, 2.45) is 0 Å². The largest absolute Gasteiger partial charge is 0.358 e. The third kappa shape index (κ3) is 4.50. The summed E-state index contributed by atoms with van der Waals surface area (Å²) in [5, 5.41) is 3.61. The normalized spacial score (nSPS) is 18.8. The number of hydrogen-bond donors (Lipinski definition) is 1. The predicted molar refractivity (Wildman–Crippen MR) is 130 cm³/mol. The second kappa shape index (κ2) is 9.27. The summed E-state index contributed by atoms with van der Waals surface area (Å²) in [5.41, 5.74) is 4.37. The Labute approximate surface area is 200 Å². The number of halogens is 3. The second-order valence-corrected chi connectivity index (χ2v) is 9.78. The van der Waals surface area contributed by atoms with Crippen LogP contribution in [0.4, 0.5) is 25.8 Å². The number of ether oxygens (including phenoxy) is 1. The molecule has 1 unspecified atom stereocenters. The number of aromatic nitrogens is 3. The molecule has 1 atom stereocenters. The van der Waals surface area contributed by atoms with Gasteiger partial charge in [0.05, 0.1) is 17.1 Å². The molecule has 0 amide bonds. The topological polar surface area (TPSA) is 55.2 Å². The minimum Gasteiger partial charge on any atom is -0.358 e. The Kier molecular flexibility index (Phi) is 6.37. The van der Waals surface area contributed by atoms with Crippen LogP contribution in [0, 0.1) is 0 Å². The van der Waals surface area contributed by atoms with Crippen molar-refractivity contribution >= 4 is 51.8 Å². The van der Waals surface area contributed by atoms with Gasteiger partial charge in [-0.3, -0.25) is 4.57 Å². The zero-order valence-corrected chi connectivity index (χ0v) is 20.1. The minimum absolute atomic E-state index is 0.206. The van der Waals surface area contributed by atoms with Crippen LogP contribution in [0.3, 0.4) is 0 Å². The monoisotopic (exact) mass is 493 g/mol. The fraction of sp³-hybridized carbons (Fsp3) is 0.478. The second-order valence-electron chi connectivity index (χ2n) is 8.48. The number of nitrogens with zero attached hydrogens (tertiary/aromatic N) is 4. The van der Waals surface area contributed by atoms with Gasteiger partial charge in [-0.25, -0.2) is 18.7 Å². The van der Waals surface area contributed by atoms with Crippen molar-refractivity contribution < 1.29 is 13.5 Å². The standard InChI is InChI=1S/C23H26ClF2N5OS/c1-30(33-2)17-11-14(13-6-7-13)8-9-15(17)27-16-12-18(24)28-22-20(16)29-23(21(25)26)31(22)19-5-3-4-10-32-19/h8-9,11-13,19,21H,3-7,10H2,1-2H3,(H,27,28). The molecule has 5 rings (SSSR count). The Hall–Kier alpha value is -2.10. The molecule has 0 radical (unpaired) electrons. The summed E-state index contributed by atoms with van der Waals surface area (Å²) in [6, 6.07) is 7.98. The van der Waals surface area contributed by atoms with Crippen LogP contribution < -0.4 is 9.62 Å². The first-order valence-electron chi connectivity index (χ1n) is 11.1. The molecule has 3 aromatic rings. The summed E-state index contributed by atoms with van der Waals surface area (Å²) >= 11 is 7.96.